The molecular formula is C18H20N4O5S. The molecule has 1 fully saturated rings. The molecule has 1 saturated heterocycles. The Morgan fingerprint density at radius 1 is 1.21 bits per heavy atom. The molecule has 2 N–H and O–H groups in total. The van der Waals surface area contributed by atoms with E-state index in [1.54, 1.807) is 18.3 Å². The topological polar surface area (TPSA) is 110 Å². The van der Waals surface area contributed by atoms with Crippen molar-refractivity contribution in [1.29, 1.82) is 0 Å². The highest BCUT2D eigenvalue weighted by Crippen LogP contribution is 2.19. The van der Waals surface area contributed by atoms with Crippen LogP contribution in [0.1, 0.15) is 15.2 Å². The van der Waals surface area contributed by atoms with E-state index in [4.69, 9.17) is 9.47 Å². The molecule has 28 heavy (non-hydrogen) atoms. The Labute approximate surface area is 165 Å². The van der Waals surface area contributed by atoms with Gasteiger partial charge in [-0.15, -0.1) is 11.3 Å². The van der Waals surface area contributed by atoms with Crippen molar-refractivity contribution in [3.05, 3.63) is 46.3 Å². The first-order chi connectivity index (χ1) is 13.6. The lowest BCUT2D eigenvalue weighted by molar-refractivity contribution is -0.123. The molecule has 9 nitrogen and oxygen atoms in total. The number of urea groups is 1. The molecule has 0 radical (unpaired) electrons. The van der Waals surface area contributed by atoms with E-state index in [0.717, 1.165) is 4.88 Å². The van der Waals surface area contributed by atoms with E-state index in [9.17, 15) is 14.4 Å². The summed E-state index contributed by atoms with van der Waals surface area (Å²) in [6.07, 6.45) is 1.59. The van der Waals surface area contributed by atoms with Crippen LogP contribution in [0.5, 0.6) is 0 Å². The van der Waals surface area contributed by atoms with Gasteiger partial charge in [-0.05, 0) is 23.6 Å². The van der Waals surface area contributed by atoms with Crippen molar-refractivity contribution in [2.45, 2.75) is 6.54 Å². The van der Waals surface area contributed by atoms with E-state index in [2.05, 4.69) is 15.6 Å². The minimum absolute atomic E-state index is 0.263. The number of morpholine rings is 1. The average Bonchev–Trinajstić information content (AvgIpc) is 3.25. The van der Waals surface area contributed by atoms with E-state index in [-0.39, 0.29) is 5.56 Å². The Hall–Kier alpha value is -2.98. The number of ether oxygens (including phenoxy) is 2. The molecule has 3 rings (SSSR count). The summed E-state index contributed by atoms with van der Waals surface area (Å²) in [5, 5.41) is 6.57. The molecule has 3 heterocycles. The lowest BCUT2D eigenvalue weighted by atomic mass is 10.2. The van der Waals surface area contributed by atoms with Gasteiger partial charge in [0.1, 0.15) is 11.4 Å². The van der Waals surface area contributed by atoms with Gasteiger partial charge in [-0.3, -0.25) is 10.1 Å². The number of esters is 1. The Kier molecular flexibility index (Phi) is 6.93. The number of hydrogen-bond donors (Lipinski definition) is 2. The van der Waals surface area contributed by atoms with E-state index < -0.39 is 24.5 Å². The number of imide groups is 1. The maximum Gasteiger partial charge on any atom is 0.342 e. The first kappa shape index (κ1) is 19.8. The number of thiophene rings is 1. The second-order valence-corrected chi connectivity index (χ2v) is 6.89. The molecule has 0 atom stereocenters. The molecule has 148 valence electrons. The molecule has 0 bridgehead atoms. The van der Waals surface area contributed by atoms with Gasteiger partial charge in [-0.2, -0.15) is 0 Å². The number of pyridine rings is 1. The molecule has 2 aromatic heterocycles. The van der Waals surface area contributed by atoms with Crippen LogP contribution in [0.3, 0.4) is 0 Å². The molecule has 1 aliphatic rings. The maximum atomic E-state index is 12.4. The Morgan fingerprint density at radius 2 is 2.04 bits per heavy atom. The van der Waals surface area contributed by atoms with Gasteiger partial charge in [0.15, 0.2) is 6.61 Å². The van der Waals surface area contributed by atoms with Crippen molar-refractivity contribution in [3.63, 3.8) is 0 Å². The highest BCUT2D eigenvalue weighted by Gasteiger charge is 2.21. The Bertz CT molecular complexity index is 821. The fourth-order valence-electron chi connectivity index (χ4n) is 2.58. The summed E-state index contributed by atoms with van der Waals surface area (Å²) in [6, 6.07) is 6.30. The molecular weight excluding hydrogens is 384 g/mol. The second-order valence-electron chi connectivity index (χ2n) is 5.86. The van der Waals surface area contributed by atoms with Crippen LogP contribution in [0.4, 0.5) is 10.6 Å². The molecule has 0 saturated carbocycles. The smallest absolute Gasteiger partial charge is 0.342 e. The summed E-state index contributed by atoms with van der Waals surface area (Å²) < 4.78 is 10.4. The molecule has 0 spiro atoms. The van der Waals surface area contributed by atoms with Gasteiger partial charge in [0.2, 0.25) is 0 Å². The Morgan fingerprint density at radius 3 is 2.79 bits per heavy atom. The van der Waals surface area contributed by atoms with Crippen LogP contribution in [0.2, 0.25) is 0 Å². The predicted molar refractivity (Wildman–Crippen MR) is 102 cm³/mol. The van der Waals surface area contributed by atoms with Crippen molar-refractivity contribution in [1.82, 2.24) is 15.6 Å². The summed E-state index contributed by atoms with van der Waals surface area (Å²) in [7, 11) is 0. The zero-order chi connectivity index (χ0) is 19.8. The van der Waals surface area contributed by atoms with Gasteiger partial charge in [0.05, 0.1) is 19.8 Å². The zero-order valence-corrected chi connectivity index (χ0v) is 15.9. The summed E-state index contributed by atoms with van der Waals surface area (Å²) >= 11 is 1.49. The highest BCUT2D eigenvalue weighted by molar-refractivity contribution is 7.09. The lowest BCUT2D eigenvalue weighted by Crippen LogP contribution is -2.41. The third kappa shape index (κ3) is 5.51. The minimum Gasteiger partial charge on any atom is -0.452 e. The number of carbonyl (C=O) groups excluding carboxylic acids is 3. The molecule has 10 heteroatoms. The van der Waals surface area contributed by atoms with Crippen molar-refractivity contribution in [3.8, 4) is 0 Å². The number of nitrogens with one attached hydrogen (secondary N) is 2. The average molecular weight is 404 g/mol. The molecule has 3 amide bonds. The third-order valence-electron chi connectivity index (χ3n) is 3.91. The fourth-order valence-corrected chi connectivity index (χ4v) is 3.22. The number of nitrogens with zero attached hydrogens (tertiary/aromatic N) is 2. The minimum atomic E-state index is -0.714. The van der Waals surface area contributed by atoms with Crippen molar-refractivity contribution < 1.29 is 23.9 Å². The zero-order valence-electron chi connectivity index (χ0n) is 15.1. The van der Waals surface area contributed by atoms with Crippen molar-refractivity contribution >= 4 is 35.1 Å². The number of anilines is 1. The SMILES string of the molecule is O=C(COC(=O)c1cccnc1N1CCOCC1)NC(=O)NCc1cccs1. The largest absolute Gasteiger partial charge is 0.452 e. The van der Waals surface area contributed by atoms with Crippen LogP contribution in [0, 0.1) is 0 Å². The van der Waals surface area contributed by atoms with Gasteiger partial charge in [-0.1, -0.05) is 6.07 Å². The number of aromatic nitrogens is 1. The molecule has 0 aromatic carbocycles. The molecule has 2 aromatic rings. The van der Waals surface area contributed by atoms with Gasteiger partial charge >= 0.3 is 12.0 Å². The van der Waals surface area contributed by atoms with Gasteiger partial charge in [0, 0.05) is 24.2 Å². The standard InChI is InChI=1S/C18H20N4O5S/c23-15(21-18(25)20-11-13-3-2-10-28-13)12-27-17(24)14-4-1-5-19-16(14)22-6-8-26-9-7-22/h1-5,10H,6-9,11-12H2,(H2,20,21,23,25). The van der Waals surface area contributed by atoms with Crippen molar-refractivity contribution in [2.24, 2.45) is 0 Å². The number of carbonyl (C=O) groups is 3. The van der Waals surface area contributed by atoms with Crippen LogP contribution in [-0.2, 0) is 20.8 Å². The summed E-state index contributed by atoms with van der Waals surface area (Å²) in [6.45, 7) is 2.07. The third-order valence-corrected chi connectivity index (χ3v) is 4.78. The normalized spacial score (nSPS) is 13.6. The van der Waals surface area contributed by atoms with E-state index in [1.165, 1.54) is 11.3 Å². The molecule has 0 unspecified atom stereocenters. The first-order valence-corrected chi connectivity index (χ1v) is 9.56. The molecule has 0 aliphatic carbocycles. The van der Waals surface area contributed by atoms with Gasteiger partial charge in [-0.25, -0.2) is 14.6 Å². The summed E-state index contributed by atoms with van der Waals surface area (Å²) in [4.78, 5) is 43.1. The summed E-state index contributed by atoms with van der Waals surface area (Å²) in [5.41, 5.74) is 0.263. The number of amides is 3. The number of hydrogen-bond acceptors (Lipinski definition) is 8. The van der Waals surface area contributed by atoms with Crippen LogP contribution < -0.4 is 15.5 Å². The Balaban J connectivity index is 1.48. The van der Waals surface area contributed by atoms with Gasteiger partial charge in [0.25, 0.3) is 5.91 Å². The monoisotopic (exact) mass is 404 g/mol. The van der Waals surface area contributed by atoms with E-state index in [0.29, 0.717) is 38.7 Å². The fraction of sp³-hybridized carbons (Fsp3) is 0.333. The van der Waals surface area contributed by atoms with Crippen molar-refractivity contribution in [2.75, 3.05) is 37.8 Å². The quantitative estimate of drug-likeness (QED) is 0.695. The molecule has 1 aliphatic heterocycles. The van der Waals surface area contributed by atoms with Crippen LogP contribution in [0.25, 0.3) is 0 Å². The maximum absolute atomic E-state index is 12.4. The van der Waals surface area contributed by atoms with Crippen LogP contribution in [-0.4, -0.2) is 55.8 Å². The van der Waals surface area contributed by atoms with Gasteiger partial charge < -0.3 is 19.7 Å². The van der Waals surface area contributed by atoms with E-state index >= 15 is 0 Å². The van der Waals surface area contributed by atoms with E-state index in [1.807, 2.05) is 22.4 Å². The predicted octanol–water partition coefficient (Wildman–Crippen LogP) is 1.16. The summed E-state index contributed by atoms with van der Waals surface area (Å²) in [5.74, 6) is -0.900. The second kappa shape index (κ2) is 9.81. The lowest BCUT2D eigenvalue weighted by Gasteiger charge is -2.28. The van der Waals surface area contributed by atoms with Crippen LogP contribution >= 0.6 is 11.3 Å². The highest BCUT2D eigenvalue weighted by atomic mass is 32.1. The van der Waals surface area contributed by atoms with Crippen LogP contribution in [0.15, 0.2) is 35.8 Å². The first-order valence-electron chi connectivity index (χ1n) is 8.68. The number of rotatable bonds is 6.